The molecule has 0 aliphatic heterocycles. The highest BCUT2D eigenvalue weighted by Crippen LogP contribution is 2.25. The minimum atomic E-state index is -0.210. The number of carbonyl (C=O) groups excluding carboxylic acids is 1. The molecule has 0 heterocycles. The van der Waals surface area contributed by atoms with Crippen molar-refractivity contribution in [1.82, 2.24) is 0 Å². The van der Waals surface area contributed by atoms with Gasteiger partial charge < -0.3 is 14.8 Å². The van der Waals surface area contributed by atoms with Crippen molar-refractivity contribution in [3.63, 3.8) is 0 Å². The SMILES string of the molecule is COc1ccc(C(=O)Nc2ccc(C)c(C)c2)c(OC)c1. The molecule has 110 valence electrons. The van der Waals surface area contributed by atoms with E-state index in [1.165, 1.54) is 12.7 Å². The number of aryl methyl sites for hydroxylation is 2. The van der Waals surface area contributed by atoms with Gasteiger partial charge in [-0.3, -0.25) is 4.79 Å². The molecule has 0 spiro atoms. The fourth-order valence-electron chi connectivity index (χ4n) is 2.00. The van der Waals surface area contributed by atoms with E-state index in [2.05, 4.69) is 5.32 Å². The van der Waals surface area contributed by atoms with Gasteiger partial charge in [0.25, 0.3) is 5.91 Å². The predicted octanol–water partition coefficient (Wildman–Crippen LogP) is 3.57. The summed E-state index contributed by atoms with van der Waals surface area (Å²) in [6.07, 6.45) is 0. The van der Waals surface area contributed by atoms with Gasteiger partial charge in [0.05, 0.1) is 19.8 Å². The van der Waals surface area contributed by atoms with Gasteiger partial charge in [-0.2, -0.15) is 0 Å². The fraction of sp³-hybridized carbons (Fsp3) is 0.235. The van der Waals surface area contributed by atoms with Gasteiger partial charge >= 0.3 is 0 Å². The number of amides is 1. The topological polar surface area (TPSA) is 47.6 Å². The minimum absolute atomic E-state index is 0.210. The van der Waals surface area contributed by atoms with Gasteiger partial charge in [-0.1, -0.05) is 6.07 Å². The number of hydrogen-bond donors (Lipinski definition) is 1. The Bertz CT molecular complexity index is 665. The first-order chi connectivity index (χ1) is 10.0. The standard InChI is InChI=1S/C17H19NO3/c1-11-5-6-13(9-12(11)2)18-17(19)15-8-7-14(20-3)10-16(15)21-4/h5-10H,1-4H3,(H,18,19). The molecule has 2 aromatic rings. The lowest BCUT2D eigenvalue weighted by atomic mass is 10.1. The summed E-state index contributed by atoms with van der Waals surface area (Å²) in [6.45, 7) is 4.05. The Labute approximate surface area is 124 Å². The van der Waals surface area contributed by atoms with E-state index in [1.54, 1.807) is 25.3 Å². The van der Waals surface area contributed by atoms with E-state index in [0.717, 1.165) is 11.3 Å². The Balaban J connectivity index is 2.25. The molecule has 2 aromatic carbocycles. The Morgan fingerprint density at radius 2 is 1.71 bits per heavy atom. The van der Waals surface area contributed by atoms with E-state index >= 15 is 0 Å². The molecule has 0 aliphatic carbocycles. The molecule has 0 aliphatic rings. The molecule has 0 unspecified atom stereocenters. The molecule has 4 nitrogen and oxygen atoms in total. The predicted molar refractivity (Wildman–Crippen MR) is 83.4 cm³/mol. The van der Waals surface area contributed by atoms with Crippen molar-refractivity contribution >= 4 is 11.6 Å². The van der Waals surface area contributed by atoms with Gasteiger partial charge in [-0.05, 0) is 49.2 Å². The van der Waals surface area contributed by atoms with Crippen LogP contribution < -0.4 is 14.8 Å². The van der Waals surface area contributed by atoms with E-state index in [4.69, 9.17) is 9.47 Å². The maximum absolute atomic E-state index is 12.4. The van der Waals surface area contributed by atoms with Crippen LogP contribution in [0.15, 0.2) is 36.4 Å². The summed E-state index contributed by atoms with van der Waals surface area (Å²) >= 11 is 0. The maximum Gasteiger partial charge on any atom is 0.259 e. The Morgan fingerprint density at radius 1 is 0.952 bits per heavy atom. The summed E-state index contributed by atoms with van der Waals surface area (Å²) < 4.78 is 10.4. The number of benzene rings is 2. The van der Waals surface area contributed by atoms with Gasteiger partial charge in [0.1, 0.15) is 11.5 Å². The number of rotatable bonds is 4. The molecular formula is C17H19NO3. The van der Waals surface area contributed by atoms with Gasteiger partial charge in [0.2, 0.25) is 0 Å². The molecule has 0 radical (unpaired) electrons. The molecule has 2 rings (SSSR count). The highest BCUT2D eigenvalue weighted by molar-refractivity contribution is 6.06. The number of methoxy groups -OCH3 is 2. The van der Waals surface area contributed by atoms with Gasteiger partial charge in [0, 0.05) is 11.8 Å². The quantitative estimate of drug-likeness (QED) is 0.934. The molecule has 21 heavy (non-hydrogen) atoms. The summed E-state index contributed by atoms with van der Waals surface area (Å²) in [7, 11) is 3.10. The molecule has 0 fully saturated rings. The molecule has 0 bridgehead atoms. The summed E-state index contributed by atoms with van der Waals surface area (Å²) in [6, 6.07) is 10.9. The Hall–Kier alpha value is -2.49. The second kappa shape index (κ2) is 6.31. The third kappa shape index (κ3) is 3.34. The number of anilines is 1. The van der Waals surface area contributed by atoms with E-state index in [9.17, 15) is 4.79 Å². The van der Waals surface area contributed by atoms with Crippen molar-refractivity contribution in [1.29, 1.82) is 0 Å². The van der Waals surface area contributed by atoms with E-state index in [0.29, 0.717) is 17.1 Å². The van der Waals surface area contributed by atoms with Crippen LogP contribution in [-0.2, 0) is 0 Å². The van der Waals surface area contributed by atoms with Crippen molar-refractivity contribution in [2.75, 3.05) is 19.5 Å². The third-order valence-electron chi connectivity index (χ3n) is 3.42. The summed E-state index contributed by atoms with van der Waals surface area (Å²) in [5.41, 5.74) is 3.56. The van der Waals surface area contributed by atoms with E-state index < -0.39 is 0 Å². The fourth-order valence-corrected chi connectivity index (χ4v) is 2.00. The first-order valence-corrected chi connectivity index (χ1v) is 6.65. The van der Waals surface area contributed by atoms with Crippen molar-refractivity contribution < 1.29 is 14.3 Å². The second-order valence-electron chi connectivity index (χ2n) is 4.82. The zero-order valence-electron chi connectivity index (χ0n) is 12.7. The molecular weight excluding hydrogens is 266 g/mol. The van der Waals surface area contributed by atoms with E-state index in [-0.39, 0.29) is 5.91 Å². The number of ether oxygens (including phenoxy) is 2. The Kier molecular flexibility index (Phi) is 4.48. The first-order valence-electron chi connectivity index (χ1n) is 6.65. The van der Waals surface area contributed by atoms with Crippen molar-refractivity contribution in [2.24, 2.45) is 0 Å². The van der Waals surface area contributed by atoms with Crippen LogP contribution in [0, 0.1) is 13.8 Å². The number of carbonyl (C=O) groups is 1. The monoisotopic (exact) mass is 285 g/mol. The van der Waals surface area contributed by atoms with E-state index in [1.807, 2.05) is 32.0 Å². The second-order valence-corrected chi connectivity index (χ2v) is 4.82. The highest BCUT2D eigenvalue weighted by atomic mass is 16.5. The summed E-state index contributed by atoms with van der Waals surface area (Å²) in [4.78, 5) is 12.4. The molecule has 0 atom stereocenters. The molecule has 0 saturated heterocycles. The lowest BCUT2D eigenvalue weighted by molar-refractivity contribution is 0.102. The number of hydrogen-bond acceptors (Lipinski definition) is 3. The van der Waals surface area contributed by atoms with Crippen LogP contribution in [-0.4, -0.2) is 20.1 Å². The average molecular weight is 285 g/mol. The first kappa shape index (κ1) is 14.9. The maximum atomic E-state index is 12.4. The Morgan fingerprint density at radius 3 is 2.33 bits per heavy atom. The van der Waals surface area contributed by atoms with Crippen LogP contribution in [0.2, 0.25) is 0 Å². The van der Waals surface area contributed by atoms with Gasteiger partial charge in [-0.25, -0.2) is 0 Å². The van der Waals surface area contributed by atoms with Crippen LogP contribution in [0.3, 0.4) is 0 Å². The lowest BCUT2D eigenvalue weighted by Crippen LogP contribution is -2.13. The zero-order chi connectivity index (χ0) is 15.4. The van der Waals surface area contributed by atoms with Crippen LogP contribution in [0.1, 0.15) is 21.5 Å². The van der Waals surface area contributed by atoms with Crippen LogP contribution in [0.5, 0.6) is 11.5 Å². The van der Waals surface area contributed by atoms with Crippen molar-refractivity contribution in [2.45, 2.75) is 13.8 Å². The third-order valence-corrected chi connectivity index (χ3v) is 3.42. The molecule has 0 aromatic heterocycles. The molecule has 1 amide bonds. The van der Waals surface area contributed by atoms with Crippen LogP contribution in [0.25, 0.3) is 0 Å². The zero-order valence-corrected chi connectivity index (χ0v) is 12.7. The lowest BCUT2D eigenvalue weighted by Gasteiger charge is -2.11. The smallest absolute Gasteiger partial charge is 0.259 e. The van der Waals surface area contributed by atoms with Crippen molar-refractivity contribution in [3.05, 3.63) is 53.1 Å². The summed E-state index contributed by atoms with van der Waals surface area (Å²) in [5.74, 6) is 0.919. The molecule has 0 saturated carbocycles. The average Bonchev–Trinajstić information content (AvgIpc) is 2.50. The normalized spacial score (nSPS) is 10.1. The van der Waals surface area contributed by atoms with Gasteiger partial charge in [-0.15, -0.1) is 0 Å². The largest absolute Gasteiger partial charge is 0.497 e. The molecule has 4 heteroatoms. The molecule has 1 N–H and O–H groups in total. The highest BCUT2D eigenvalue weighted by Gasteiger charge is 2.13. The van der Waals surface area contributed by atoms with Crippen molar-refractivity contribution in [3.8, 4) is 11.5 Å². The number of nitrogens with one attached hydrogen (secondary N) is 1. The summed E-state index contributed by atoms with van der Waals surface area (Å²) in [5, 5.41) is 2.88. The van der Waals surface area contributed by atoms with Gasteiger partial charge in [0.15, 0.2) is 0 Å². The minimum Gasteiger partial charge on any atom is -0.497 e. The van der Waals surface area contributed by atoms with Crippen LogP contribution in [0.4, 0.5) is 5.69 Å². The van der Waals surface area contributed by atoms with Crippen LogP contribution >= 0.6 is 0 Å².